The molecule has 2 amide bonds. The molecule has 0 spiro atoms. The molecule has 2 fully saturated rings. The third-order valence-corrected chi connectivity index (χ3v) is 5.66. The van der Waals surface area contributed by atoms with Crippen molar-refractivity contribution in [1.82, 2.24) is 4.90 Å². The highest BCUT2D eigenvalue weighted by molar-refractivity contribution is 9.10. The van der Waals surface area contributed by atoms with E-state index in [-0.39, 0.29) is 17.9 Å². The first-order valence-corrected chi connectivity index (χ1v) is 8.16. The zero-order valence-corrected chi connectivity index (χ0v) is 13.9. The van der Waals surface area contributed by atoms with E-state index in [1.165, 1.54) is 0 Å². The van der Waals surface area contributed by atoms with E-state index in [0.29, 0.717) is 13.0 Å². The number of carbonyl (C=O) groups is 2. The van der Waals surface area contributed by atoms with E-state index in [1.54, 1.807) is 9.80 Å². The van der Waals surface area contributed by atoms with Gasteiger partial charge in [-0.25, -0.2) is 0 Å². The first-order chi connectivity index (χ1) is 9.99. The molecule has 0 aliphatic carbocycles. The zero-order chi connectivity index (χ0) is 15.1. The molecule has 2 aliphatic heterocycles. The van der Waals surface area contributed by atoms with Gasteiger partial charge in [-0.2, -0.15) is 0 Å². The van der Waals surface area contributed by atoms with Crippen molar-refractivity contribution < 1.29 is 9.59 Å². The van der Waals surface area contributed by atoms with E-state index in [1.807, 2.05) is 26.0 Å². The van der Waals surface area contributed by atoms with Crippen LogP contribution in [0, 0.1) is 13.8 Å². The molecule has 1 aromatic carbocycles. The highest BCUT2D eigenvalue weighted by Crippen LogP contribution is 2.31. The summed E-state index contributed by atoms with van der Waals surface area (Å²) in [6.07, 6.45) is 2.13. The molecule has 21 heavy (non-hydrogen) atoms. The Morgan fingerprint density at radius 3 is 2.48 bits per heavy atom. The second kappa shape index (κ2) is 5.44. The van der Waals surface area contributed by atoms with E-state index < -0.39 is 0 Å². The topological polar surface area (TPSA) is 40.6 Å². The molecular formula is C16H19BrN2O2. The van der Waals surface area contributed by atoms with Crippen molar-refractivity contribution in [2.75, 3.05) is 18.0 Å². The highest BCUT2D eigenvalue weighted by atomic mass is 79.9. The number of aryl methyl sites for hydroxylation is 2. The van der Waals surface area contributed by atoms with Crippen molar-refractivity contribution in [3.8, 4) is 0 Å². The van der Waals surface area contributed by atoms with E-state index >= 15 is 0 Å². The number of benzene rings is 1. The van der Waals surface area contributed by atoms with Crippen molar-refractivity contribution >= 4 is 33.4 Å². The molecule has 0 aromatic heterocycles. The number of hydrogen-bond acceptors (Lipinski definition) is 2. The monoisotopic (exact) mass is 350 g/mol. The first-order valence-electron chi connectivity index (χ1n) is 7.36. The Bertz CT molecular complexity index is 591. The van der Waals surface area contributed by atoms with Gasteiger partial charge in [-0.05, 0) is 49.9 Å². The summed E-state index contributed by atoms with van der Waals surface area (Å²) in [5.41, 5.74) is 3.12. The lowest BCUT2D eigenvalue weighted by Gasteiger charge is -2.26. The van der Waals surface area contributed by atoms with Gasteiger partial charge >= 0.3 is 0 Å². The second-order valence-electron chi connectivity index (χ2n) is 5.88. The van der Waals surface area contributed by atoms with Crippen LogP contribution in [0.2, 0.25) is 0 Å². The van der Waals surface area contributed by atoms with Gasteiger partial charge in [0.25, 0.3) is 0 Å². The van der Waals surface area contributed by atoms with Crippen LogP contribution in [0.15, 0.2) is 16.6 Å². The number of hydrogen-bond donors (Lipinski definition) is 0. The highest BCUT2D eigenvalue weighted by Gasteiger charge is 2.39. The lowest BCUT2D eigenvalue weighted by Crippen LogP contribution is -2.43. The van der Waals surface area contributed by atoms with Gasteiger partial charge in [0, 0.05) is 29.7 Å². The van der Waals surface area contributed by atoms with Gasteiger partial charge in [0.15, 0.2) is 0 Å². The van der Waals surface area contributed by atoms with Gasteiger partial charge in [-0.15, -0.1) is 0 Å². The van der Waals surface area contributed by atoms with Crippen LogP contribution in [0.3, 0.4) is 0 Å². The molecule has 0 radical (unpaired) electrons. The average molecular weight is 351 g/mol. The standard InChI is InChI=1S/C16H19BrN2O2/c1-10-8-12(9-11(2)15(10)17)18-7-5-14(20)19-6-3-4-13(19)16(18)21/h8-9,13H,3-7H2,1-2H3. The summed E-state index contributed by atoms with van der Waals surface area (Å²) in [7, 11) is 0. The van der Waals surface area contributed by atoms with Gasteiger partial charge in [0.05, 0.1) is 0 Å². The maximum absolute atomic E-state index is 12.8. The number of anilines is 1. The molecule has 2 aliphatic rings. The second-order valence-corrected chi connectivity index (χ2v) is 6.67. The van der Waals surface area contributed by atoms with Gasteiger partial charge < -0.3 is 9.80 Å². The van der Waals surface area contributed by atoms with Crippen LogP contribution in [-0.2, 0) is 9.59 Å². The molecule has 0 bridgehead atoms. The number of halogens is 1. The van der Waals surface area contributed by atoms with Crippen LogP contribution >= 0.6 is 15.9 Å². The number of amides is 2. The molecule has 0 N–H and O–H groups in total. The van der Waals surface area contributed by atoms with Crippen molar-refractivity contribution in [2.24, 2.45) is 0 Å². The van der Waals surface area contributed by atoms with Crippen LogP contribution < -0.4 is 4.90 Å². The van der Waals surface area contributed by atoms with E-state index in [4.69, 9.17) is 0 Å². The molecule has 4 nitrogen and oxygen atoms in total. The Morgan fingerprint density at radius 1 is 1.14 bits per heavy atom. The summed E-state index contributed by atoms with van der Waals surface area (Å²) < 4.78 is 1.08. The summed E-state index contributed by atoms with van der Waals surface area (Å²) in [5.74, 6) is 0.179. The minimum atomic E-state index is -0.260. The van der Waals surface area contributed by atoms with Crippen molar-refractivity contribution in [2.45, 2.75) is 39.2 Å². The number of carbonyl (C=O) groups excluding carboxylic acids is 2. The number of rotatable bonds is 1. The van der Waals surface area contributed by atoms with Gasteiger partial charge in [0.1, 0.15) is 6.04 Å². The largest absolute Gasteiger partial charge is 0.331 e. The Morgan fingerprint density at radius 2 is 1.81 bits per heavy atom. The van der Waals surface area contributed by atoms with Crippen LogP contribution in [0.4, 0.5) is 5.69 Å². The number of fused-ring (bicyclic) bond motifs is 1. The van der Waals surface area contributed by atoms with E-state index in [9.17, 15) is 9.59 Å². The minimum Gasteiger partial charge on any atom is -0.331 e. The third kappa shape index (κ3) is 2.48. The molecule has 2 saturated heterocycles. The normalized spacial score (nSPS) is 22.5. The van der Waals surface area contributed by atoms with Gasteiger partial charge in [-0.3, -0.25) is 9.59 Å². The fourth-order valence-corrected chi connectivity index (χ4v) is 3.53. The van der Waals surface area contributed by atoms with Gasteiger partial charge in [0.2, 0.25) is 11.8 Å². The predicted octanol–water partition coefficient (Wildman–Crippen LogP) is 2.79. The Labute approximate surface area is 133 Å². The summed E-state index contributed by atoms with van der Waals surface area (Å²) >= 11 is 3.56. The van der Waals surface area contributed by atoms with Crippen LogP contribution in [0.5, 0.6) is 0 Å². The van der Waals surface area contributed by atoms with E-state index in [0.717, 1.165) is 40.7 Å². The molecule has 112 valence electrons. The molecule has 3 rings (SSSR count). The smallest absolute Gasteiger partial charge is 0.249 e. The molecular weight excluding hydrogens is 332 g/mol. The van der Waals surface area contributed by atoms with Crippen LogP contribution in [0.1, 0.15) is 30.4 Å². The van der Waals surface area contributed by atoms with Crippen LogP contribution in [-0.4, -0.2) is 35.8 Å². The molecule has 1 unspecified atom stereocenters. The fourth-order valence-electron chi connectivity index (χ4n) is 3.30. The van der Waals surface area contributed by atoms with Crippen molar-refractivity contribution in [3.05, 3.63) is 27.7 Å². The maximum atomic E-state index is 12.8. The lowest BCUT2D eigenvalue weighted by atomic mass is 10.1. The Hall–Kier alpha value is -1.36. The van der Waals surface area contributed by atoms with Crippen molar-refractivity contribution in [1.29, 1.82) is 0 Å². The number of nitrogens with zero attached hydrogens (tertiary/aromatic N) is 2. The fraction of sp³-hybridized carbons (Fsp3) is 0.500. The summed E-state index contributed by atoms with van der Waals surface area (Å²) in [6.45, 7) is 5.25. The van der Waals surface area contributed by atoms with E-state index in [2.05, 4.69) is 15.9 Å². The molecule has 0 saturated carbocycles. The minimum absolute atomic E-state index is 0.0690. The molecule has 5 heteroatoms. The molecule has 2 heterocycles. The first kappa shape index (κ1) is 14.6. The average Bonchev–Trinajstić information content (AvgIpc) is 2.89. The maximum Gasteiger partial charge on any atom is 0.249 e. The van der Waals surface area contributed by atoms with Crippen LogP contribution in [0.25, 0.3) is 0 Å². The van der Waals surface area contributed by atoms with Crippen molar-refractivity contribution in [3.63, 3.8) is 0 Å². The Balaban J connectivity index is 1.98. The Kier molecular flexibility index (Phi) is 3.78. The quantitative estimate of drug-likeness (QED) is 0.781. The summed E-state index contributed by atoms with van der Waals surface area (Å²) in [4.78, 5) is 28.5. The molecule has 1 aromatic rings. The molecule has 1 atom stereocenters. The summed E-state index contributed by atoms with van der Waals surface area (Å²) in [5, 5.41) is 0. The zero-order valence-electron chi connectivity index (χ0n) is 12.4. The summed E-state index contributed by atoms with van der Waals surface area (Å²) in [6, 6.07) is 3.78. The SMILES string of the molecule is Cc1cc(N2CCC(=O)N3CCCC3C2=O)cc(C)c1Br. The predicted molar refractivity (Wildman–Crippen MR) is 85.3 cm³/mol. The lowest BCUT2D eigenvalue weighted by molar-refractivity contribution is -0.135. The van der Waals surface area contributed by atoms with Gasteiger partial charge in [-0.1, -0.05) is 15.9 Å². The third-order valence-electron chi connectivity index (χ3n) is 4.41.